The highest BCUT2D eigenvalue weighted by atomic mass is 19.4. The second-order valence-corrected chi connectivity index (χ2v) is 4.34. The zero-order valence-electron chi connectivity index (χ0n) is 10.9. The van der Waals surface area contributed by atoms with Crippen LogP contribution in [0.3, 0.4) is 0 Å². The third-order valence-corrected chi connectivity index (χ3v) is 2.57. The number of nitrogens with zero attached hydrogens (tertiary/aromatic N) is 3. The highest BCUT2D eigenvalue weighted by Gasteiger charge is 2.35. The first kappa shape index (κ1) is 14.2. The van der Waals surface area contributed by atoms with Gasteiger partial charge in [0.1, 0.15) is 23.2 Å². The Kier molecular flexibility index (Phi) is 3.56. The largest absolute Gasteiger partial charge is 0.464 e. The summed E-state index contributed by atoms with van der Waals surface area (Å²) in [4.78, 5) is 8.17. The monoisotopic (exact) mass is 286 g/mol. The molecule has 0 aliphatic carbocycles. The quantitative estimate of drug-likeness (QED) is 0.939. The lowest BCUT2D eigenvalue weighted by atomic mass is 10.4. The minimum Gasteiger partial charge on any atom is -0.464 e. The van der Waals surface area contributed by atoms with Gasteiger partial charge in [0.25, 0.3) is 0 Å². The lowest BCUT2D eigenvalue weighted by Crippen LogP contribution is -2.21. The molecule has 0 saturated heterocycles. The molecule has 0 atom stereocenters. The van der Waals surface area contributed by atoms with Gasteiger partial charge in [0.2, 0.25) is 5.82 Å². The second kappa shape index (κ2) is 5.03. The highest BCUT2D eigenvalue weighted by molar-refractivity contribution is 5.46. The topological polar surface area (TPSA) is 68.2 Å². The van der Waals surface area contributed by atoms with E-state index in [0.29, 0.717) is 5.76 Å². The molecule has 0 unspecified atom stereocenters. The molecule has 108 valence electrons. The van der Waals surface area contributed by atoms with Gasteiger partial charge in [-0.1, -0.05) is 0 Å². The van der Waals surface area contributed by atoms with Gasteiger partial charge < -0.3 is 15.1 Å². The molecular formula is C12H13F3N4O. The number of rotatable bonds is 3. The zero-order valence-corrected chi connectivity index (χ0v) is 10.9. The Morgan fingerprint density at radius 3 is 2.55 bits per heavy atom. The van der Waals surface area contributed by atoms with Gasteiger partial charge in [0.15, 0.2) is 0 Å². The number of anilines is 2. The molecule has 20 heavy (non-hydrogen) atoms. The maximum atomic E-state index is 12.6. The summed E-state index contributed by atoms with van der Waals surface area (Å²) in [6, 6.07) is 4.81. The molecule has 0 aliphatic rings. The Morgan fingerprint density at radius 1 is 1.30 bits per heavy atom. The molecule has 2 aromatic heterocycles. The van der Waals surface area contributed by atoms with Crippen molar-refractivity contribution in [3.05, 3.63) is 35.5 Å². The summed E-state index contributed by atoms with van der Waals surface area (Å²) < 4.78 is 43.2. The number of nitrogen functional groups attached to an aromatic ring is 1. The van der Waals surface area contributed by atoms with Crippen LogP contribution in [0.4, 0.5) is 24.8 Å². The van der Waals surface area contributed by atoms with Crippen molar-refractivity contribution in [3.8, 4) is 0 Å². The molecule has 0 aliphatic heterocycles. The van der Waals surface area contributed by atoms with Crippen molar-refractivity contribution in [2.45, 2.75) is 19.6 Å². The first-order chi connectivity index (χ1) is 9.25. The third-order valence-electron chi connectivity index (χ3n) is 2.57. The van der Waals surface area contributed by atoms with E-state index in [1.807, 2.05) is 0 Å². The predicted octanol–water partition coefficient (Wildman–Crippen LogP) is 2.62. The van der Waals surface area contributed by atoms with E-state index in [9.17, 15) is 13.2 Å². The summed E-state index contributed by atoms with van der Waals surface area (Å²) in [7, 11) is 1.60. The summed E-state index contributed by atoms with van der Waals surface area (Å²) in [6.07, 6.45) is -4.63. The Morgan fingerprint density at radius 2 is 2.00 bits per heavy atom. The second-order valence-electron chi connectivity index (χ2n) is 4.34. The minimum atomic E-state index is -4.63. The van der Waals surface area contributed by atoms with E-state index in [1.165, 1.54) is 11.0 Å². The summed E-state index contributed by atoms with van der Waals surface area (Å²) in [5.74, 6) is -0.0546. The van der Waals surface area contributed by atoms with Crippen LogP contribution < -0.4 is 10.6 Å². The van der Waals surface area contributed by atoms with E-state index in [-0.39, 0.29) is 18.2 Å². The van der Waals surface area contributed by atoms with Crippen LogP contribution in [0.25, 0.3) is 0 Å². The number of alkyl halides is 3. The first-order valence-electron chi connectivity index (χ1n) is 5.74. The van der Waals surface area contributed by atoms with Crippen LogP contribution in [0.2, 0.25) is 0 Å². The molecule has 0 amide bonds. The van der Waals surface area contributed by atoms with Crippen LogP contribution >= 0.6 is 0 Å². The molecule has 2 N–H and O–H groups in total. The van der Waals surface area contributed by atoms with Gasteiger partial charge in [-0.15, -0.1) is 0 Å². The smallest absolute Gasteiger partial charge is 0.451 e. The van der Waals surface area contributed by atoms with E-state index in [1.54, 1.807) is 26.1 Å². The van der Waals surface area contributed by atoms with Crippen molar-refractivity contribution in [3.63, 3.8) is 0 Å². The van der Waals surface area contributed by atoms with Gasteiger partial charge in [0.05, 0.1) is 6.54 Å². The van der Waals surface area contributed by atoms with Crippen molar-refractivity contribution in [1.29, 1.82) is 0 Å². The van der Waals surface area contributed by atoms with Crippen LogP contribution in [0.5, 0.6) is 0 Å². The summed E-state index contributed by atoms with van der Waals surface area (Å²) in [5, 5.41) is 0. The average Bonchev–Trinajstić information content (AvgIpc) is 2.72. The van der Waals surface area contributed by atoms with Crippen molar-refractivity contribution < 1.29 is 17.6 Å². The molecule has 0 spiro atoms. The predicted molar refractivity (Wildman–Crippen MR) is 67.0 cm³/mol. The van der Waals surface area contributed by atoms with E-state index in [0.717, 1.165) is 5.76 Å². The van der Waals surface area contributed by atoms with Crippen LogP contribution in [0.1, 0.15) is 17.3 Å². The Balaban J connectivity index is 2.25. The minimum absolute atomic E-state index is 0.0823. The molecule has 5 nitrogen and oxygen atoms in total. The molecule has 2 rings (SSSR count). The van der Waals surface area contributed by atoms with Gasteiger partial charge >= 0.3 is 6.18 Å². The number of furan rings is 1. The highest BCUT2D eigenvalue weighted by Crippen LogP contribution is 2.28. The Labute approximate surface area is 113 Å². The fraction of sp³-hybridized carbons (Fsp3) is 0.333. The summed E-state index contributed by atoms with van der Waals surface area (Å²) in [5.41, 5.74) is 5.39. The maximum Gasteiger partial charge on any atom is 0.451 e. The number of nitrogens with two attached hydrogens (primary N) is 1. The first-order valence-corrected chi connectivity index (χ1v) is 5.74. The number of aromatic nitrogens is 2. The van der Waals surface area contributed by atoms with Gasteiger partial charge in [-0.2, -0.15) is 13.2 Å². The van der Waals surface area contributed by atoms with Crippen LogP contribution in [-0.2, 0) is 12.7 Å². The average molecular weight is 286 g/mol. The number of hydrogen-bond donors (Lipinski definition) is 1. The molecular weight excluding hydrogens is 273 g/mol. The van der Waals surface area contributed by atoms with Crippen molar-refractivity contribution >= 4 is 11.6 Å². The number of halogens is 3. The lowest BCUT2D eigenvalue weighted by Gasteiger charge is -2.18. The van der Waals surface area contributed by atoms with Gasteiger partial charge in [0, 0.05) is 13.1 Å². The molecule has 8 heteroatoms. The van der Waals surface area contributed by atoms with E-state index < -0.39 is 12.0 Å². The van der Waals surface area contributed by atoms with E-state index in [2.05, 4.69) is 9.97 Å². The lowest BCUT2D eigenvalue weighted by molar-refractivity contribution is -0.144. The SMILES string of the molecule is Cc1ccc(CN(C)c2cc(N)nc(C(F)(F)F)n2)o1. The standard InChI is InChI=1S/C12H13F3N4O/c1-7-3-4-8(20-7)6-19(2)10-5-9(16)17-11(18-10)12(13,14)15/h3-5H,6H2,1-2H3,(H2,16,17,18). The van der Waals surface area contributed by atoms with E-state index in [4.69, 9.17) is 10.2 Å². The molecule has 0 fully saturated rings. The van der Waals surface area contributed by atoms with E-state index >= 15 is 0 Å². The zero-order chi connectivity index (χ0) is 14.9. The molecule has 2 heterocycles. The van der Waals surface area contributed by atoms with Crippen LogP contribution in [-0.4, -0.2) is 17.0 Å². The van der Waals surface area contributed by atoms with Crippen molar-refractivity contribution in [2.24, 2.45) is 0 Å². The molecule has 0 bridgehead atoms. The van der Waals surface area contributed by atoms with Crippen LogP contribution in [0, 0.1) is 6.92 Å². The third kappa shape index (κ3) is 3.19. The summed E-state index contributed by atoms with van der Waals surface area (Å²) >= 11 is 0. The summed E-state index contributed by atoms with van der Waals surface area (Å²) in [6.45, 7) is 2.07. The molecule has 0 saturated carbocycles. The maximum absolute atomic E-state index is 12.6. The van der Waals surface area contributed by atoms with Gasteiger partial charge in [-0.3, -0.25) is 0 Å². The van der Waals surface area contributed by atoms with Gasteiger partial charge in [-0.25, -0.2) is 9.97 Å². The number of hydrogen-bond acceptors (Lipinski definition) is 5. The fourth-order valence-electron chi connectivity index (χ4n) is 1.66. The molecule has 0 radical (unpaired) electrons. The van der Waals surface area contributed by atoms with Crippen LogP contribution in [0.15, 0.2) is 22.6 Å². The van der Waals surface area contributed by atoms with Crippen molar-refractivity contribution in [1.82, 2.24) is 9.97 Å². The van der Waals surface area contributed by atoms with Gasteiger partial charge in [-0.05, 0) is 19.1 Å². The molecule has 0 aromatic carbocycles. The fourth-order valence-corrected chi connectivity index (χ4v) is 1.66. The normalized spacial score (nSPS) is 11.7. The molecule has 2 aromatic rings. The number of aryl methyl sites for hydroxylation is 1. The Hall–Kier alpha value is -2.25. The Bertz CT molecular complexity index is 609. The van der Waals surface area contributed by atoms with Crippen molar-refractivity contribution in [2.75, 3.05) is 17.7 Å².